The van der Waals surface area contributed by atoms with Gasteiger partial charge in [0.2, 0.25) is 0 Å². The lowest BCUT2D eigenvalue weighted by Crippen LogP contribution is -2.32. The maximum Gasteiger partial charge on any atom is 0.252 e. The summed E-state index contributed by atoms with van der Waals surface area (Å²) in [5, 5.41) is 6.31. The number of pyridine rings is 1. The fourth-order valence-corrected chi connectivity index (χ4v) is 3.59. The van der Waals surface area contributed by atoms with Crippen LogP contribution in [0.15, 0.2) is 24.5 Å². The number of rotatable bonds is 4. The van der Waals surface area contributed by atoms with Crippen molar-refractivity contribution in [3.63, 3.8) is 0 Å². The summed E-state index contributed by atoms with van der Waals surface area (Å²) in [4.78, 5) is 25.9. The van der Waals surface area contributed by atoms with Gasteiger partial charge < -0.3 is 10.6 Å². The number of aromatic nitrogens is 3. The van der Waals surface area contributed by atoms with E-state index in [9.17, 15) is 4.79 Å². The Hall–Kier alpha value is -2.50. The van der Waals surface area contributed by atoms with Crippen molar-refractivity contribution in [2.24, 2.45) is 5.41 Å². The van der Waals surface area contributed by atoms with Crippen LogP contribution in [0.2, 0.25) is 0 Å². The van der Waals surface area contributed by atoms with Crippen LogP contribution in [0.25, 0.3) is 0 Å². The second-order valence-electron chi connectivity index (χ2n) is 9.38. The summed E-state index contributed by atoms with van der Waals surface area (Å²) in [7, 11) is 0. The number of hydrogen-bond acceptors (Lipinski definition) is 5. The van der Waals surface area contributed by atoms with Gasteiger partial charge >= 0.3 is 0 Å². The zero-order chi connectivity index (χ0) is 20.5. The first-order valence-corrected chi connectivity index (χ1v) is 9.96. The van der Waals surface area contributed by atoms with Crippen LogP contribution in [-0.2, 0) is 11.8 Å². The van der Waals surface area contributed by atoms with Crippen molar-refractivity contribution in [3.05, 3.63) is 47.2 Å². The molecule has 0 radical (unpaired) electrons. The molecule has 1 amide bonds. The highest BCUT2D eigenvalue weighted by Crippen LogP contribution is 2.41. The van der Waals surface area contributed by atoms with Crippen LogP contribution in [-0.4, -0.2) is 27.4 Å². The molecule has 6 nitrogen and oxygen atoms in total. The first-order chi connectivity index (χ1) is 13.1. The van der Waals surface area contributed by atoms with Crippen LogP contribution >= 0.6 is 0 Å². The van der Waals surface area contributed by atoms with E-state index in [1.807, 2.05) is 19.2 Å². The minimum Gasteiger partial charge on any atom is -0.363 e. The molecule has 0 saturated carbocycles. The van der Waals surface area contributed by atoms with E-state index in [2.05, 4.69) is 55.2 Å². The summed E-state index contributed by atoms with van der Waals surface area (Å²) in [6.07, 6.45) is 5.49. The molecule has 1 aliphatic carbocycles. The smallest absolute Gasteiger partial charge is 0.252 e. The second kappa shape index (κ2) is 7.49. The van der Waals surface area contributed by atoms with Gasteiger partial charge in [-0.05, 0) is 37.3 Å². The molecule has 2 aromatic heterocycles. The normalized spacial score (nSPS) is 18.3. The Labute approximate surface area is 167 Å². The quantitative estimate of drug-likeness (QED) is 0.835. The molecule has 1 aliphatic rings. The summed E-state index contributed by atoms with van der Waals surface area (Å²) >= 11 is 0. The molecule has 2 heterocycles. The number of nitrogens with one attached hydrogen (secondary N) is 2. The van der Waals surface area contributed by atoms with E-state index in [0.717, 1.165) is 35.7 Å². The molecule has 2 aromatic rings. The van der Waals surface area contributed by atoms with Gasteiger partial charge in [-0.2, -0.15) is 0 Å². The highest BCUT2D eigenvalue weighted by molar-refractivity contribution is 5.93. The SMILES string of the molecule is CCNC(=O)c1ccc(N[C@H]2CC(C)(C)Cc3nc(C(C)(C)C)ncc32)nc1. The van der Waals surface area contributed by atoms with Crippen molar-refractivity contribution >= 4 is 11.7 Å². The van der Waals surface area contributed by atoms with Gasteiger partial charge in [0, 0.05) is 35.6 Å². The average Bonchev–Trinajstić information content (AvgIpc) is 2.60. The number of amides is 1. The minimum absolute atomic E-state index is 0.0734. The first-order valence-electron chi connectivity index (χ1n) is 9.96. The second-order valence-corrected chi connectivity index (χ2v) is 9.38. The lowest BCUT2D eigenvalue weighted by molar-refractivity contribution is 0.0955. The third-order valence-corrected chi connectivity index (χ3v) is 5.03. The molecule has 6 heteroatoms. The Morgan fingerprint density at radius 1 is 1.21 bits per heavy atom. The Bertz CT molecular complexity index is 852. The highest BCUT2D eigenvalue weighted by atomic mass is 16.1. The van der Waals surface area contributed by atoms with E-state index in [1.165, 1.54) is 0 Å². The number of carbonyl (C=O) groups is 1. The van der Waals surface area contributed by atoms with Crippen molar-refractivity contribution < 1.29 is 4.79 Å². The number of carbonyl (C=O) groups excluding carboxylic acids is 1. The molecule has 0 saturated heterocycles. The highest BCUT2D eigenvalue weighted by Gasteiger charge is 2.34. The number of anilines is 1. The topological polar surface area (TPSA) is 79.8 Å². The monoisotopic (exact) mass is 381 g/mol. The van der Waals surface area contributed by atoms with E-state index in [-0.39, 0.29) is 22.8 Å². The third kappa shape index (κ3) is 4.49. The molecular weight excluding hydrogens is 350 g/mol. The summed E-state index contributed by atoms with van der Waals surface area (Å²) in [6, 6.07) is 3.75. The molecule has 0 fully saturated rings. The van der Waals surface area contributed by atoms with E-state index in [1.54, 1.807) is 12.3 Å². The third-order valence-electron chi connectivity index (χ3n) is 5.03. The molecule has 0 spiro atoms. The lowest BCUT2D eigenvalue weighted by atomic mass is 9.74. The van der Waals surface area contributed by atoms with E-state index < -0.39 is 0 Å². The fourth-order valence-electron chi connectivity index (χ4n) is 3.59. The van der Waals surface area contributed by atoms with Gasteiger partial charge in [-0.25, -0.2) is 15.0 Å². The molecular formula is C22H31N5O. The predicted octanol–water partition coefficient (Wildman–Crippen LogP) is 4.04. The molecule has 28 heavy (non-hydrogen) atoms. The number of fused-ring (bicyclic) bond motifs is 1. The molecule has 1 atom stereocenters. The summed E-state index contributed by atoms with van der Waals surface area (Å²) in [6.45, 7) is 13.5. The number of hydrogen-bond donors (Lipinski definition) is 2. The minimum atomic E-state index is -0.103. The van der Waals surface area contributed by atoms with Crippen molar-refractivity contribution in [2.45, 2.75) is 65.8 Å². The summed E-state index contributed by atoms with van der Waals surface area (Å²) in [5.74, 6) is 1.53. The van der Waals surface area contributed by atoms with Gasteiger partial charge in [-0.15, -0.1) is 0 Å². The molecule has 0 unspecified atom stereocenters. The van der Waals surface area contributed by atoms with Gasteiger partial charge in [0.25, 0.3) is 5.91 Å². The van der Waals surface area contributed by atoms with Gasteiger partial charge in [-0.1, -0.05) is 34.6 Å². The van der Waals surface area contributed by atoms with Crippen molar-refractivity contribution in [2.75, 3.05) is 11.9 Å². The van der Waals surface area contributed by atoms with Gasteiger partial charge in [0.1, 0.15) is 11.6 Å². The van der Waals surface area contributed by atoms with Crippen molar-refractivity contribution in [3.8, 4) is 0 Å². The molecule has 0 aliphatic heterocycles. The van der Waals surface area contributed by atoms with Crippen LogP contribution in [0.4, 0.5) is 5.82 Å². The predicted molar refractivity (Wildman–Crippen MR) is 111 cm³/mol. The van der Waals surface area contributed by atoms with Crippen LogP contribution in [0.1, 0.15) is 81.4 Å². The summed E-state index contributed by atoms with van der Waals surface area (Å²) in [5.41, 5.74) is 2.88. The molecule has 0 bridgehead atoms. The average molecular weight is 382 g/mol. The van der Waals surface area contributed by atoms with Crippen LogP contribution in [0.5, 0.6) is 0 Å². The Morgan fingerprint density at radius 3 is 2.57 bits per heavy atom. The Balaban J connectivity index is 1.86. The molecule has 2 N–H and O–H groups in total. The Kier molecular flexibility index (Phi) is 5.41. The lowest BCUT2D eigenvalue weighted by Gasteiger charge is -2.37. The van der Waals surface area contributed by atoms with Crippen molar-refractivity contribution in [1.29, 1.82) is 0 Å². The standard InChI is InChI=1S/C22H31N5O/c1-7-23-19(28)14-8-9-18(24-12-14)26-16-10-22(5,6)11-17-15(16)13-25-20(27-17)21(2,3)4/h8-9,12-13,16H,7,10-11H2,1-6H3,(H,23,28)(H,24,26)/t16-/m0/s1. The maximum atomic E-state index is 11.9. The zero-order valence-corrected chi connectivity index (χ0v) is 17.8. The van der Waals surface area contributed by atoms with Crippen LogP contribution in [0, 0.1) is 5.41 Å². The Morgan fingerprint density at radius 2 is 1.96 bits per heavy atom. The molecule has 150 valence electrons. The largest absolute Gasteiger partial charge is 0.363 e. The fraction of sp³-hybridized carbons (Fsp3) is 0.545. The zero-order valence-electron chi connectivity index (χ0n) is 17.8. The van der Waals surface area contributed by atoms with Crippen molar-refractivity contribution in [1.82, 2.24) is 20.3 Å². The van der Waals surface area contributed by atoms with E-state index >= 15 is 0 Å². The molecule has 0 aromatic carbocycles. The number of nitrogens with zero attached hydrogens (tertiary/aromatic N) is 3. The van der Waals surface area contributed by atoms with Gasteiger partial charge in [0.15, 0.2) is 0 Å². The van der Waals surface area contributed by atoms with Crippen LogP contribution < -0.4 is 10.6 Å². The van der Waals surface area contributed by atoms with Gasteiger partial charge in [0.05, 0.1) is 11.6 Å². The van der Waals surface area contributed by atoms with Crippen LogP contribution in [0.3, 0.4) is 0 Å². The van der Waals surface area contributed by atoms with Gasteiger partial charge in [-0.3, -0.25) is 4.79 Å². The summed E-state index contributed by atoms with van der Waals surface area (Å²) < 4.78 is 0. The van der Waals surface area contributed by atoms with E-state index in [0.29, 0.717) is 12.1 Å². The maximum absolute atomic E-state index is 11.9. The first kappa shape index (κ1) is 20.2. The molecule has 3 rings (SSSR count). The van der Waals surface area contributed by atoms with E-state index in [4.69, 9.17) is 4.98 Å².